The number of carbonyl (C=O) groups is 1. The van der Waals surface area contributed by atoms with E-state index >= 15 is 0 Å². The molecule has 1 aromatic heterocycles. The fraction of sp³-hybridized carbons (Fsp3) is 0.556. The summed E-state index contributed by atoms with van der Waals surface area (Å²) < 4.78 is 9.74. The van der Waals surface area contributed by atoms with Crippen LogP contribution < -0.4 is 5.32 Å². The van der Waals surface area contributed by atoms with Crippen LogP contribution in [0.15, 0.2) is 10.6 Å². The van der Waals surface area contributed by atoms with Crippen molar-refractivity contribution in [2.45, 2.75) is 13.0 Å². The number of nitrogens with zero attached hydrogens (tertiary/aromatic N) is 1. The lowest BCUT2D eigenvalue weighted by Crippen LogP contribution is -2.24. The highest BCUT2D eigenvalue weighted by Crippen LogP contribution is 2.04. The average molecular weight is 277 g/mol. The Bertz CT molecular complexity index is 314. The van der Waals surface area contributed by atoms with E-state index in [2.05, 4.69) is 26.4 Å². The van der Waals surface area contributed by atoms with Gasteiger partial charge < -0.3 is 14.6 Å². The van der Waals surface area contributed by atoms with Gasteiger partial charge in [-0.2, -0.15) is 0 Å². The second kappa shape index (κ2) is 6.58. The van der Waals surface area contributed by atoms with Gasteiger partial charge in [-0.05, 0) is 6.42 Å². The van der Waals surface area contributed by atoms with E-state index in [4.69, 9.17) is 9.26 Å². The second-order valence-corrected chi connectivity index (χ2v) is 3.70. The smallest absolute Gasteiger partial charge is 0.273 e. The number of aromatic nitrogens is 1. The van der Waals surface area contributed by atoms with E-state index in [1.54, 1.807) is 13.2 Å². The van der Waals surface area contributed by atoms with Gasteiger partial charge in [-0.25, -0.2) is 0 Å². The first kappa shape index (κ1) is 12.2. The maximum Gasteiger partial charge on any atom is 0.273 e. The van der Waals surface area contributed by atoms with Gasteiger partial charge in [0.2, 0.25) is 0 Å². The molecular weight excluding hydrogens is 264 g/mol. The molecule has 0 aliphatic carbocycles. The quantitative estimate of drug-likeness (QED) is 0.629. The molecule has 0 saturated carbocycles. The summed E-state index contributed by atoms with van der Waals surface area (Å²) in [6, 6.07) is 1.58. The Morgan fingerprint density at radius 3 is 3.20 bits per heavy atom. The third kappa shape index (κ3) is 4.01. The summed E-state index contributed by atoms with van der Waals surface area (Å²) in [4.78, 5) is 11.4. The van der Waals surface area contributed by atoms with Crippen LogP contribution in [0.1, 0.15) is 22.7 Å². The summed E-state index contributed by atoms with van der Waals surface area (Å²) in [7, 11) is 1.55. The number of hydrogen-bond acceptors (Lipinski definition) is 4. The minimum absolute atomic E-state index is 0.220. The van der Waals surface area contributed by atoms with Gasteiger partial charge in [0, 0.05) is 25.1 Å². The molecule has 1 rings (SSSR count). The van der Waals surface area contributed by atoms with E-state index in [-0.39, 0.29) is 11.6 Å². The summed E-state index contributed by atoms with van der Waals surface area (Å²) in [6.07, 6.45) is 0.883. The zero-order valence-electron chi connectivity index (χ0n) is 8.46. The normalized spacial score (nSPS) is 10.3. The molecule has 1 N–H and O–H groups in total. The lowest BCUT2D eigenvalue weighted by molar-refractivity contribution is 0.0944. The molecule has 0 aromatic carbocycles. The number of halogens is 1. The topological polar surface area (TPSA) is 64.4 Å². The van der Waals surface area contributed by atoms with Crippen molar-refractivity contribution in [1.82, 2.24) is 10.5 Å². The Labute approximate surface area is 96.3 Å². The molecule has 1 aromatic rings. The highest BCUT2D eigenvalue weighted by Gasteiger charge is 2.11. The first-order valence-electron chi connectivity index (χ1n) is 4.56. The summed E-state index contributed by atoms with van der Waals surface area (Å²) in [6.45, 7) is 0.943. The van der Waals surface area contributed by atoms with E-state index in [1.807, 2.05) is 0 Å². The van der Waals surface area contributed by atoms with Crippen LogP contribution >= 0.6 is 15.9 Å². The zero-order chi connectivity index (χ0) is 11.1. The first-order chi connectivity index (χ1) is 7.27. The highest BCUT2D eigenvalue weighted by molar-refractivity contribution is 9.09. The van der Waals surface area contributed by atoms with Crippen molar-refractivity contribution in [2.24, 2.45) is 0 Å². The number of carbonyl (C=O) groups excluding carboxylic acids is 1. The van der Waals surface area contributed by atoms with Gasteiger partial charge >= 0.3 is 0 Å². The molecule has 5 nitrogen and oxygen atoms in total. The predicted octanol–water partition coefficient (Wildman–Crippen LogP) is 1.34. The SMILES string of the molecule is COCc1cc(C(=O)NCCCBr)no1. The van der Waals surface area contributed by atoms with Crippen molar-refractivity contribution in [3.8, 4) is 0 Å². The van der Waals surface area contributed by atoms with Gasteiger partial charge in [0.05, 0.1) is 0 Å². The van der Waals surface area contributed by atoms with Crippen molar-refractivity contribution in [2.75, 3.05) is 19.0 Å². The van der Waals surface area contributed by atoms with Gasteiger partial charge in [0.25, 0.3) is 5.91 Å². The van der Waals surface area contributed by atoms with E-state index in [0.29, 0.717) is 18.9 Å². The molecule has 0 unspecified atom stereocenters. The Morgan fingerprint density at radius 2 is 2.53 bits per heavy atom. The van der Waals surface area contributed by atoms with Gasteiger partial charge in [0.15, 0.2) is 11.5 Å². The molecule has 6 heteroatoms. The maximum atomic E-state index is 11.4. The minimum Gasteiger partial charge on any atom is -0.377 e. The Morgan fingerprint density at radius 1 is 1.73 bits per heavy atom. The van der Waals surface area contributed by atoms with Crippen molar-refractivity contribution in [1.29, 1.82) is 0 Å². The molecule has 0 aliphatic rings. The fourth-order valence-electron chi connectivity index (χ4n) is 0.990. The molecule has 0 spiro atoms. The average Bonchev–Trinajstić information content (AvgIpc) is 2.67. The van der Waals surface area contributed by atoms with Crippen LogP contribution in [0.25, 0.3) is 0 Å². The monoisotopic (exact) mass is 276 g/mol. The van der Waals surface area contributed by atoms with Crippen molar-refractivity contribution >= 4 is 21.8 Å². The number of nitrogens with one attached hydrogen (secondary N) is 1. The Kier molecular flexibility index (Phi) is 5.34. The lowest BCUT2D eigenvalue weighted by atomic mass is 10.3. The number of amides is 1. The minimum atomic E-state index is -0.220. The largest absolute Gasteiger partial charge is 0.377 e. The molecule has 1 heterocycles. The number of hydrogen-bond donors (Lipinski definition) is 1. The second-order valence-electron chi connectivity index (χ2n) is 2.91. The molecule has 0 aliphatic heterocycles. The number of ether oxygens (including phenoxy) is 1. The van der Waals surface area contributed by atoms with E-state index in [9.17, 15) is 4.79 Å². The van der Waals surface area contributed by atoms with Crippen LogP contribution in [0.3, 0.4) is 0 Å². The molecule has 0 fully saturated rings. The summed E-state index contributed by atoms with van der Waals surface area (Å²) in [5.41, 5.74) is 0.289. The molecule has 0 saturated heterocycles. The van der Waals surface area contributed by atoms with Gasteiger partial charge in [-0.15, -0.1) is 0 Å². The summed E-state index contributed by atoms with van der Waals surface area (Å²) >= 11 is 3.28. The standard InChI is InChI=1S/C9H13BrN2O3/c1-14-6-7-5-8(12-15-7)9(13)11-4-2-3-10/h5H,2-4,6H2,1H3,(H,11,13). The number of rotatable bonds is 6. The van der Waals surface area contributed by atoms with Crippen LogP contribution in [0.4, 0.5) is 0 Å². The van der Waals surface area contributed by atoms with E-state index in [1.165, 1.54) is 0 Å². The summed E-state index contributed by atoms with van der Waals surface area (Å²) in [5.74, 6) is 0.324. The van der Waals surface area contributed by atoms with Crippen molar-refractivity contribution in [3.05, 3.63) is 17.5 Å². The highest BCUT2D eigenvalue weighted by atomic mass is 79.9. The van der Waals surface area contributed by atoms with Crippen LogP contribution in [-0.4, -0.2) is 30.0 Å². The van der Waals surface area contributed by atoms with Gasteiger partial charge in [-0.3, -0.25) is 4.79 Å². The van der Waals surface area contributed by atoms with Crippen LogP contribution in [0.5, 0.6) is 0 Å². The zero-order valence-corrected chi connectivity index (χ0v) is 10.0. The van der Waals surface area contributed by atoms with E-state index in [0.717, 1.165) is 11.8 Å². The molecule has 1 amide bonds. The van der Waals surface area contributed by atoms with Gasteiger partial charge in [-0.1, -0.05) is 21.1 Å². The molecular formula is C9H13BrN2O3. The molecule has 0 radical (unpaired) electrons. The number of alkyl halides is 1. The Balaban J connectivity index is 2.43. The van der Waals surface area contributed by atoms with Crippen LogP contribution in [0, 0.1) is 0 Å². The molecule has 84 valence electrons. The van der Waals surface area contributed by atoms with Crippen LogP contribution in [-0.2, 0) is 11.3 Å². The fourth-order valence-corrected chi connectivity index (χ4v) is 1.27. The predicted molar refractivity (Wildman–Crippen MR) is 58.0 cm³/mol. The third-order valence-electron chi connectivity index (χ3n) is 1.67. The number of methoxy groups -OCH3 is 1. The maximum absolute atomic E-state index is 11.4. The third-order valence-corrected chi connectivity index (χ3v) is 2.23. The first-order valence-corrected chi connectivity index (χ1v) is 5.68. The molecule has 0 atom stereocenters. The van der Waals surface area contributed by atoms with Crippen molar-refractivity contribution in [3.63, 3.8) is 0 Å². The Hall–Kier alpha value is -0.880. The van der Waals surface area contributed by atoms with Gasteiger partial charge in [0.1, 0.15) is 6.61 Å². The molecule has 0 bridgehead atoms. The molecule has 15 heavy (non-hydrogen) atoms. The summed E-state index contributed by atoms with van der Waals surface area (Å²) in [5, 5.41) is 7.22. The van der Waals surface area contributed by atoms with Crippen LogP contribution in [0.2, 0.25) is 0 Å². The van der Waals surface area contributed by atoms with E-state index < -0.39 is 0 Å². The lowest BCUT2D eigenvalue weighted by Gasteiger charge is -1.98. The van der Waals surface area contributed by atoms with Crippen molar-refractivity contribution < 1.29 is 14.1 Å².